The van der Waals surface area contributed by atoms with Crippen molar-refractivity contribution in [2.75, 3.05) is 0 Å². The number of benzene rings is 2. The van der Waals surface area contributed by atoms with Gasteiger partial charge in [-0.1, -0.05) is 30.3 Å². The van der Waals surface area contributed by atoms with E-state index in [9.17, 15) is 10.4 Å². The average molecular weight is 277 g/mol. The molecule has 3 nitrogen and oxygen atoms in total. The van der Waals surface area contributed by atoms with Gasteiger partial charge < -0.3 is 9.84 Å². The Bertz CT molecular complexity index is 769. The molecular formula is C18H15NO2. The average Bonchev–Trinajstić information content (AvgIpc) is 2.70. The van der Waals surface area contributed by atoms with E-state index in [2.05, 4.69) is 6.07 Å². The van der Waals surface area contributed by atoms with Gasteiger partial charge in [-0.05, 0) is 35.7 Å². The van der Waals surface area contributed by atoms with E-state index >= 15 is 0 Å². The minimum Gasteiger partial charge on any atom is -0.488 e. The fourth-order valence-corrected chi connectivity index (χ4v) is 2.67. The highest BCUT2D eigenvalue weighted by Crippen LogP contribution is 2.38. The molecule has 1 aliphatic heterocycles. The molecule has 0 radical (unpaired) electrons. The number of hydrogen-bond donors (Lipinski definition) is 1. The third-order valence-corrected chi connectivity index (χ3v) is 3.70. The lowest BCUT2D eigenvalue weighted by Crippen LogP contribution is -1.98. The Labute approximate surface area is 123 Å². The van der Waals surface area contributed by atoms with Crippen molar-refractivity contribution in [3.63, 3.8) is 0 Å². The molecule has 104 valence electrons. The summed E-state index contributed by atoms with van der Waals surface area (Å²) in [6.45, 7) is 2.25. The minimum atomic E-state index is -0.00346. The van der Waals surface area contributed by atoms with Gasteiger partial charge >= 0.3 is 0 Å². The first-order chi connectivity index (χ1) is 10.2. The van der Waals surface area contributed by atoms with Crippen molar-refractivity contribution in [1.82, 2.24) is 0 Å². The van der Waals surface area contributed by atoms with Crippen molar-refractivity contribution in [1.29, 1.82) is 5.26 Å². The normalized spacial score (nSPS) is 15.1. The van der Waals surface area contributed by atoms with E-state index in [0.717, 1.165) is 33.6 Å². The zero-order chi connectivity index (χ0) is 14.8. The van der Waals surface area contributed by atoms with Crippen LogP contribution in [0.25, 0.3) is 5.57 Å². The predicted octanol–water partition coefficient (Wildman–Crippen LogP) is 3.42. The number of hydrogen-bond acceptors (Lipinski definition) is 3. The standard InChI is InChI=1S/C18H15NO2/c1-12(9-19)18-15-7-6-13(10-20)8-14(15)11-21-17-5-3-2-4-16(17)18/h2-8,20H,10-11H2,1H3/b18-12+. The second-order valence-corrected chi connectivity index (χ2v) is 5.05. The minimum absolute atomic E-state index is 0.00346. The van der Waals surface area contributed by atoms with Crippen molar-refractivity contribution >= 4 is 5.57 Å². The Morgan fingerprint density at radius 3 is 2.81 bits per heavy atom. The zero-order valence-electron chi connectivity index (χ0n) is 11.8. The van der Waals surface area contributed by atoms with Gasteiger partial charge in [-0.2, -0.15) is 5.26 Å². The molecule has 0 fully saturated rings. The molecule has 21 heavy (non-hydrogen) atoms. The van der Waals surface area contributed by atoms with E-state index in [1.54, 1.807) is 0 Å². The number of nitriles is 1. The lowest BCUT2D eigenvalue weighted by molar-refractivity contribution is 0.280. The second-order valence-electron chi connectivity index (χ2n) is 5.05. The topological polar surface area (TPSA) is 53.2 Å². The third kappa shape index (κ3) is 2.31. The zero-order valence-corrected chi connectivity index (χ0v) is 11.8. The van der Waals surface area contributed by atoms with E-state index in [1.807, 2.05) is 49.4 Å². The summed E-state index contributed by atoms with van der Waals surface area (Å²) in [5.41, 5.74) is 5.33. The van der Waals surface area contributed by atoms with Gasteiger partial charge in [0, 0.05) is 16.7 Å². The van der Waals surface area contributed by atoms with E-state index in [-0.39, 0.29) is 6.61 Å². The maximum Gasteiger partial charge on any atom is 0.127 e. The summed E-state index contributed by atoms with van der Waals surface area (Å²) in [6, 6.07) is 15.8. The highest BCUT2D eigenvalue weighted by atomic mass is 16.5. The smallest absolute Gasteiger partial charge is 0.127 e. The van der Waals surface area contributed by atoms with Gasteiger partial charge in [0.1, 0.15) is 12.4 Å². The Morgan fingerprint density at radius 1 is 1.24 bits per heavy atom. The second kappa shape index (κ2) is 5.43. The van der Waals surface area contributed by atoms with Crippen LogP contribution in [0.1, 0.15) is 29.2 Å². The monoisotopic (exact) mass is 277 g/mol. The van der Waals surface area contributed by atoms with Crippen LogP contribution in [0, 0.1) is 11.3 Å². The van der Waals surface area contributed by atoms with Gasteiger partial charge in [-0.3, -0.25) is 0 Å². The number of fused-ring (bicyclic) bond motifs is 2. The molecule has 0 aromatic heterocycles. The molecule has 0 saturated carbocycles. The summed E-state index contributed by atoms with van der Waals surface area (Å²) in [5, 5.41) is 18.6. The lowest BCUT2D eigenvalue weighted by Gasteiger charge is -2.11. The van der Waals surface area contributed by atoms with E-state index in [0.29, 0.717) is 12.2 Å². The quantitative estimate of drug-likeness (QED) is 0.813. The van der Waals surface area contributed by atoms with Crippen LogP contribution in [0.4, 0.5) is 0 Å². The van der Waals surface area contributed by atoms with Gasteiger partial charge in [0.15, 0.2) is 0 Å². The Hall–Kier alpha value is -2.57. The lowest BCUT2D eigenvalue weighted by atomic mass is 9.90. The van der Waals surface area contributed by atoms with E-state index < -0.39 is 0 Å². The van der Waals surface area contributed by atoms with Crippen LogP contribution in [0.2, 0.25) is 0 Å². The molecule has 0 atom stereocenters. The van der Waals surface area contributed by atoms with E-state index in [4.69, 9.17) is 4.74 Å². The summed E-state index contributed by atoms with van der Waals surface area (Å²) in [7, 11) is 0. The Kier molecular flexibility index (Phi) is 3.47. The van der Waals surface area contributed by atoms with Crippen LogP contribution in [0.5, 0.6) is 5.75 Å². The molecule has 0 unspecified atom stereocenters. The highest BCUT2D eigenvalue weighted by molar-refractivity contribution is 5.88. The molecule has 2 aromatic carbocycles. The Balaban J connectivity index is 2.30. The summed E-state index contributed by atoms with van der Waals surface area (Å²) in [6.07, 6.45) is 0. The molecular weight excluding hydrogens is 262 g/mol. The molecule has 1 aliphatic rings. The number of nitrogens with zero attached hydrogens (tertiary/aromatic N) is 1. The molecule has 0 spiro atoms. The number of para-hydroxylation sites is 1. The van der Waals surface area contributed by atoms with Crippen LogP contribution >= 0.6 is 0 Å². The SMILES string of the molecule is C/C(C#N)=C1/c2ccc(CO)cc2COc2ccccc21. The maximum atomic E-state index is 9.34. The van der Waals surface area contributed by atoms with Gasteiger partial charge in [-0.25, -0.2) is 0 Å². The van der Waals surface area contributed by atoms with Crippen molar-refractivity contribution in [2.24, 2.45) is 0 Å². The van der Waals surface area contributed by atoms with Crippen molar-refractivity contribution in [3.8, 4) is 11.8 Å². The van der Waals surface area contributed by atoms with Crippen LogP contribution < -0.4 is 4.74 Å². The van der Waals surface area contributed by atoms with Crippen molar-refractivity contribution < 1.29 is 9.84 Å². The fraction of sp³-hybridized carbons (Fsp3) is 0.167. The molecule has 0 amide bonds. The number of allylic oxidation sites excluding steroid dienone is 1. The molecule has 1 N–H and O–H groups in total. The van der Waals surface area contributed by atoms with Crippen LogP contribution in [-0.2, 0) is 13.2 Å². The van der Waals surface area contributed by atoms with Gasteiger partial charge in [0.05, 0.1) is 12.7 Å². The summed E-state index contributed by atoms with van der Waals surface area (Å²) in [4.78, 5) is 0. The number of aliphatic hydroxyl groups is 1. The highest BCUT2D eigenvalue weighted by Gasteiger charge is 2.21. The predicted molar refractivity (Wildman–Crippen MR) is 80.4 cm³/mol. The molecule has 0 saturated heterocycles. The molecule has 0 aliphatic carbocycles. The van der Waals surface area contributed by atoms with Gasteiger partial charge in [0.2, 0.25) is 0 Å². The summed E-state index contributed by atoms with van der Waals surface area (Å²) < 4.78 is 5.87. The first-order valence-electron chi connectivity index (χ1n) is 6.81. The van der Waals surface area contributed by atoms with Crippen LogP contribution in [0.3, 0.4) is 0 Å². The van der Waals surface area contributed by atoms with Crippen LogP contribution in [-0.4, -0.2) is 5.11 Å². The maximum absolute atomic E-state index is 9.34. The van der Waals surface area contributed by atoms with Crippen molar-refractivity contribution in [3.05, 3.63) is 70.3 Å². The van der Waals surface area contributed by atoms with Gasteiger partial charge in [0.25, 0.3) is 0 Å². The number of aliphatic hydroxyl groups excluding tert-OH is 1. The Morgan fingerprint density at radius 2 is 2.05 bits per heavy atom. The van der Waals surface area contributed by atoms with E-state index in [1.165, 1.54) is 0 Å². The molecule has 1 heterocycles. The summed E-state index contributed by atoms with van der Waals surface area (Å²) in [5.74, 6) is 0.781. The first-order valence-corrected chi connectivity index (χ1v) is 6.81. The summed E-state index contributed by atoms with van der Waals surface area (Å²) >= 11 is 0. The molecule has 3 rings (SSSR count). The molecule has 0 bridgehead atoms. The first kappa shape index (κ1) is 13.4. The number of ether oxygens (including phenoxy) is 1. The molecule has 2 aromatic rings. The third-order valence-electron chi connectivity index (χ3n) is 3.70. The van der Waals surface area contributed by atoms with Gasteiger partial charge in [-0.15, -0.1) is 0 Å². The molecule has 3 heteroatoms. The fourth-order valence-electron chi connectivity index (χ4n) is 2.67. The number of rotatable bonds is 1. The van der Waals surface area contributed by atoms with Crippen molar-refractivity contribution in [2.45, 2.75) is 20.1 Å². The van der Waals surface area contributed by atoms with Crippen LogP contribution in [0.15, 0.2) is 48.0 Å². The largest absolute Gasteiger partial charge is 0.488 e.